The Bertz CT molecular complexity index is 960. The SMILES string of the molecule is CC1CC(C(=O)Nc2cc3cc(C4CCN(C5(C)COC5)CC4)c(Cl)cc3cn2)C1. The van der Waals surface area contributed by atoms with Gasteiger partial charge < -0.3 is 10.1 Å². The number of hydrogen-bond acceptors (Lipinski definition) is 4. The lowest BCUT2D eigenvalue weighted by molar-refractivity contribution is -0.136. The molecule has 1 amide bonds. The van der Waals surface area contributed by atoms with E-state index in [1.165, 1.54) is 5.56 Å². The van der Waals surface area contributed by atoms with Crippen LogP contribution in [0.15, 0.2) is 24.4 Å². The topological polar surface area (TPSA) is 54.5 Å². The summed E-state index contributed by atoms with van der Waals surface area (Å²) in [6.07, 6.45) is 5.97. The van der Waals surface area contributed by atoms with Crippen LogP contribution in [0.4, 0.5) is 5.82 Å². The van der Waals surface area contributed by atoms with Crippen LogP contribution in [0.3, 0.4) is 0 Å². The quantitative estimate of drug-likeness (QED) is 0.758. The van der Waals surface area contributed by atoms with Gasteiger partial charge in [-0.1, -0.05) is 18.5 Å². The van der Waals surface area contributed by atoms with Crippen molar-refractivity contribution in [1.82, 2.24) is 9.88 Å². The lowest BCUT2D eigenvalue weighted by atomic mass is 9.76. The normalized spacial score (nSPS) is 26.8. The first kappa shape index (κ1) is 20.2. The van der Waals surface area contributed by atoms with Crippen LogP contribution in [0.1, 0.15) is 51.0 Å². The molecule has 3 fully saturated rings. The zero-order valence-electron chi connectivity index (χ0n) is 17.8. The van der Waals surface area contributed by atoms with E-state index in [0.717, 1.165) is 67.8 Å². The third-order valence-electron chi connectivity index (χ3n) is 7.36. The van der Waals surface area contributed by atoms with Crippen molar-refractivity contribution in [2.24, 2.45) is 11.8 Å². The average Bonchev–Trinajstić information content (AvgIpc) is 2.69. The van der Waals surface area contributed by atoms with Gasteiger partial charge in [-0.2, -0.15) is 0 Å². The number of hydrogen-bond donors (Lipinski definition) is 1. The molecule has 3 heterocycles. The zero-order chi connectivity index (χ0) is 20.9. The first-order chi connectivity index (χ1) is 14.4. The first-order valence-electron chi connectivity index (χ1n) is 11.1. The van der Waals surface area contributed by atoms with Crippen molar-refractivity contribution in [1.29, 1.82) is 0 Å². The summed E-state index contributed by atoms with van der Waals surface area (Å²) in [6, 6.07) is 6.21. The first-order valence-corrected chi connectivity index (χ1v) is 11.5. The van der Waals surface area contributed by atoms with E-state index in [0.29, 0.717) is 17.7 Å². The van der Waals surface area contributed by atoms with Gasteiger partial charge in [0, 0.05) is 22.5 Å². The van der Waals surface area contributed by atoms with Crippen LogP contribution in [0.5, 0.6) is 0 Å². The van der Waals surface area contributed by atoms with Crippen LogP contribution in [-0.2, 0) is 9.53 Å². The fraction of sp³-hybridized carbons (Fsp3) is 0.583. The van der Waals surface area contributed by atoms with Crippen LogP contribution < -0.4 is 5.32 Å². The molecule has 2 aliphatic heterocycles. The Labute approximate surface area is 183 Å². The number of carbonyl (C=O) groups excluding carboxylic acids is 1. The number of aromatic nitrogens is 1. The standard InChI is InChI=1S/C24H30ClN3O2/c1-15-7-18(8-15)23(29)27-22-11-17-9-20(21(25)10-19(17)12-26-22)16-3-5-28(6-4-16)24(2)13-30-14-24/h9-12,15-16,18H,3-8,13-14H2,1-2H3,(H,26,27,29). The van der Waals surface area contributed by atoms with Gasteiger partial charge in [-0.25, -0.2) is 4.98 Å². The van der Waals surface area contributed by atoms with E-state index in [2.05, 4.69) is 35.1 Å². The summed E-state index contributed by atoms with van der Waals surface area (Å²) < 4.78 is 5.44. The van der Waals surface area contributed by atoms with Crippen molar-refractivity contribution in [3.8, 4) is 0 Å². The predicted octanol–water partition coefficient (Wildman–Crippen LogP) is 4.84. The number of benzene rings is 1. The number of ether oxygens (including phenoxy) is 1. The molecule has 160 valence electrons. The Morgan fingerprint density at radius 2 is 1.93 bits per heavy atom. The largest absolute Gasteiger partial charge is 0.377 e. The van der Waals surface area contributed by atoms with Gasteiger partial charge in [0.25, 0.3) is 0 Å². The Morgan fingerprint density at radius 1 is 1.20 bits per heavy atom. The van der Waals surface area contributed by atoms with Crippen molar-refractivity contribution >= 4 is 34.1 Å². The molecule has 2 saturated heterocycles. The van der Waals surface area contributed by atoms with Crippen molar-refractivity contribution in [3.05, 3.63) is 35.0 Å². The van der Waals surface area contributed by atoms with E-state index in [-0.39, 0.29) is 17.4 Å². The molecule has 0 radical (unpaired) electrons. The molecule has 0 spiro atoms. The Morgan fingerprint density at radius 3 is 2.57 bits per heavy atom. The van der Waals surface area contributed by atoms with E-state index in [4.69, 9.17) is 16.3 Å². The van der Waals surface area contributed by atoms with E-state index < -0.39 is 0 Å². The number of fused-ring (bicyclic) bond motifs is 1. The number of pyridine rings is 1. The molecule has 1 aliphatic carbocycles. The summed E-state index contributed by atoms with van der Waals surface area (Å²) in [5.74, 6) is 1.97. The predicted molar refractivity (Wildman–Crippen MR) is 120 cm³/mol. The summed E-state index contributed by atoms with van der Waals surface area (Å²) in [6.45, 7) is 8.33. The second kappa shape index (κ2) is 7.77. The summed E-state index contributed by atoms with van der Waals surface area (Å²) in [4.78, 5) is 19.4. The lowest BCUT2D eigenvalue weighted by Crippen LogP contribution is -2.61. The number of amides is 1. The third-order valence-corrected chi connectivity index (χ3v) is 7.68. The van der Waals surface area contributed by atoms with E-state index in [1.807, 2.05) is 18.3 Å². The molecule has 0 atom stereocenters. The fourth-order valence-corrected chi connectivity index (χ4v) is 5.55. The number of nitrogens with zero attached hydrogens (tertiary/aromatic N) is 2. The number of anilines is 1. The number of rotatable bonds is 4. The summed E-state index contributed by atoms with van der Waals surface area (Å²) in [5, 5.41) is 5.92. The smallest absolute Gasteiger partial charge is 0.228 e. The van der Waals surface area contributed by atoms with Crippen molar-refractivity contribution in [2.75, 3.05) is 31.6 Å². The highest BCUT2D eigenvalue weighted by Crippen LogP contribution is 2.38. The molecule has 30 heavy (non-hydrogen) atoms. The number of halogens is 1. The molecule has 0 unspecified atom stereocenters. The number of nitrogens with one attached hydrogen (secondary N) is 1. The van der Waals surface area contributed by atoms with Crippen molar-refractivity contribution in [2.45, 2.75) is 51.0 Å². The minimum atomic E-state index is 0.0926. The Kier molecular flexibility index (Phi) is 5.24. The summed E-state index contributed by atoms with van der Waals surface area (Å²) in [5.41, 5.74) is 1.44. The van der Waals surface area contributed by atoms with Gasteiger partial charge in [0.05, 0.1) is 18.8 Å². The minimum Gasteiger partial charge on any atom is -0.377 e. The third kappa shape index (κ3) is 3.72. The zero-order valence-corrected chi connectivity index (χ0v) is 18.5. The second-order valence-corrected chi connectivity index (χ2v) is 10.2. The Balaban J connectivity index is 1.31. The van der Waals surface area contributed by atoms with Crippen LogP contribution in [-0.4, -0.2) is 47.6 Å². The van der Waals surface area contributed by atoms with Crippen LogP contribution >= 0.6 is 11.6 Å². The van der Waals surface area contributed by atoms with Gasteiger partial charge in [-0.15, -0.1) is 0 Å². The number of carbonyl (C=O) groups is 1. The highest BCUT2D eigenvalue weighted by atomic mass is 35.5. The molecule has 1 saturated carbocycles. The minimum absolute atomic E-state index is 0.0926. The molecule has 0 bridgehead atoms. The molecule has 5 nitrogen and oxygen atoms in total. The fourth-order valence-electron chi connectivity index (χ4n) is 5.22. The van der Waals surface area contributed by atoms with Crippen molar-refractivity contribution < 1.29 is 9.53 Å². The van der Waals surface area contributed by atoms with Gasteiger partial charge in [0.2, 0.25) is 5.91 Å². The molecule has 1 aromatic heterocycles. The van der Waals surface area contributed by atoms with Gasteiger partial charge >= 0.3 is 0 Å². The molecule has 3 aliphatic rings. The Hall–Kier alpha value is -1.69. The number of likely N-dealkylation sites (tertiary alicyclic amines) is 1. The van der Waals surface area contributed by atoms with Crippen LogP contribution in [0.2, 0.25) is 5.02 Å². The molecular weight excluding hydrogens is 398 g/mol. The maximum Gasteiger partial charge on any atom is 0.228 e. The van der Waals surface area contributed by atoms with Crippen LogP contribution in [0.25, 0.3) is 10.8 Å². The van der Waals surface area contributed by atoms with Crippen molar-refractivity contribution in [3.63, 3.8) is 0 Å². The van der Waals surface area contributed by atoms with Crippen LogP contribution in [0, 0.1) is 11.8 Å². The van der Waals surface area contributed by atoms with E-state index in [9.17, 15) is 4.79 Å². The lowest BCUT2D eigenvalue weighted by Gasteiger charge is -2.50. The van der Waals surface area contributed by atoms with Gasteiger partial charge in [0.1, 0.15) is 5.82 Å². The summed E-state index contributed by atoms with van der Waals surface area (Å²) in [7, 11) is 0. The average molecular weight is 428 g/mol. The molecule has 1 N–H and O–H groups in total. The molecule has 1 aromatic carbocycles. The molecule has 5 rings (SSSR count). The second-order valence-electron chi connectivity index (χ2n) is 9.80. The molecule has 6 heteroatoms. The van der Waals surface area contributed by atoms with Gasteiger partial charge in [-0.05, 0) is 86.7 Å². The monoisotopic (exact) mass is 427 g/mol. The highest BCUT2D eigenvalue weighted by Gasteiger charge is 2.41. The maximum atomic E-state index is 12.4. The molecular formula is C24H30ClN3O2. The highest BCUT2D eigenvalue weighted by molar-refractivity contribution is 6.32. The number of piperidine rings is 1. The maximum absolute atomic E-state index is 12.4. The van der Waals surface area contributed by atoms with Gasteiger partial charge in [-0.3, -0.25) is 9.69 Å². The van der Waals surface area contributed by atoms with E-state index >= 15 is 0 Å². The summed E-state index contributed by atoms with van der Waals surface area (Å²) >= 11 is 6.68. The molecule has 2 aromatic rings. The van der Waals surface area contributed by atoms with Gasteiger partial charge in [0.15, 0.2) is 0 Å². The van der Waals surface area contributed by atoms with E-state index in [1.54, 1.807) is 0 Å².